The number of carbonyl (C=O) groups is 2. The Morgan fingerprint density at radius 3 is 2.60 bits per heavy atom. The lowest BCUT2D eigenvalue weighted by atomic mass is 10.2. The van der Waals surface area contributed by atoms with E-state index in [-0.39, 0.29) is 36.0 Å². The molecule has 1 heterocycles. The first-order chi connectivity index (χ1) is 11.6. The van der Waals surface area contributed by atoms with Crippen molar-refractivity contribution in [1.82, 2.24) is 4.98 Å². The normalized spacial score (nSPS) is 13.2. The number of nitrogen functional groups attached to an aromatic ring is 1. The summed E-state index contributed by atoms with van der Waals surface area (Å²) in [5.41, 5.74) is 10.9. The zero-order valence-corrected chi connectivity index (χ0v) is 15.6. The van der Waals surface area contributed by atoms with Crippen LogP contribution in [0.3, 0.4) is 0 Å². The summed E-state index contributed by atoms with van der Waals surface area (Å²) in [6, 6.07) is 0. The van der Waals surface area contributed by atoms with Crippen molar-refractivity contribution in [3.8, 4) is 0 Å². The van der Waals surface area contributed by atoms with Gasteiger partial charge in [0.2, 0.25) is 5.71 Å². The predicted molar refractivity (Wildman–Crippen MR) is 93.8 cm³/mol. The molecule has 10 heteroatoms. The molecule has 0 radical (unpaired) electrons. The van der Waals surface area contributed by atoms with Gasteiger partial charge in [0, 0.05) is 11.8 Å². The highest BCUT2D eigenvalue weighted by molar-refractivity contribution is 7.13. The summed E-state index contributed by atoms with van der Waals surface area (Å²) in [7, 11) is 0. The molecule has 0 aliphatic carbocycles. The average Bonchev–Trinajstić information content (AvgIpc) is 2.90. The molecule has 25 heavy (non-hydrogen) atoms. The molecule has 1 unspecified atom stereocenters. The van der Waals surface area contributed by atoms with Gasteiger partial charge in [-0.3, -0.25) is 10.5 Å². The highest BCUT2D eigenvalue weighted by Crippen LogP contribution is 2.14. The molecular formula is C15H24N4O5S. The van der Waals surface area contributed by atoms with Crippen molar-refractivity contribution in [2.24, 2.45) is 10.9 Å². The molecule has 0 fully saturated rings. The summed E-state index contributed by atoms with van der Waals surface area (Å²) in [5, 5.41) is 5.57. The number of hydrogen-bond donors (Lipinski definition) is 2. The molecule has 0 amide bonds. The van der Waals surface area contributed by atoms with Crippen molar-refractivity contribution in [2.75, 3.05) is 12.3 Å². The molecule has 0 aliphatic rings. The van der Waals surface area contributed by atoms with Crippen molar-refractivity contribution in [1.29, 1.82) is 0 Å². The molecule has 1 atom stereocenters. The van der Waals surface area contributed by atoms with Crippen LogP contribution in [0.2, 0.25) is 0 Å². The Morgan fingerprint density at radius 2 is 2.08 bits per heavy atom. The fourth-order valence-corrected chi connectivity index (χ4v) is 2.16. The van der Waals surface area contributed by atoms with Gasteiger partial charge in [-0.25, -0.2) is 9.78 Å². The fourth-order valence-electron chi connectivity index (χ4n) is 1.61. The minimum Gasteiger partial charge on any atom is -0.461 e. The first-order valence-electron chi connectivity index (χ1n) is 7.72. The third-order valence-electron chi connectivity index (χ3n) is 2.57. The second-order valence-electron chi connectivity index (χ2n) is 6.00. The number of ether oxygens (including phenoxy) is 2. The van der Waals surface area contributed by atoms with Crippen LogP contribution in [0.4, 0.5) is 5.13 Å². The number of thiazole rings is 1. The molecule has 140 valence electrons. The van der Waals surface area contributed by atoms with Gasteiger partial charge in [0.25, 0.3) is 0 Å². The van der Waals surface area contributed by atoms with Crippen molar-refractivity contribution < 1.29 is 23.9 Å². The van der Waals surface area contributed by atoms with Crippen molar-refractivity contribution in [3.05, 3.63) is 11.1 Å². The number of anilines is 1. The predicted octanol–water partition coefficient (Wildman–Crippen LogP) is 1.42. The second-order valence-corrected chi connectivity index (χ2v) is 6.89. The summed E-state index contributed by atoms with van der Waals surface area (Å²) in [5.74, 6) is -1.10. The van der Waals surface area contributed by atoms with E-state index in [1.165, 1.54) is 0 Å². The molecule has 1 aromatic heterocycles. The molecule has 0 saturated heterocycles. The highest BCUT2D eigenvalue weighted by Gasteiger charge is 2.21. The molecule has 0 aromatic carbocycles. The maximum atomic E-state index is 12.0. The van der Waals surface area contributed by atoms with Gasteiger partial charge in [0.05, 0.1) is 13.0 Å². The largest absolute Gasteiger partial charge is 0.461 e. The summed E-state index contributed by atoms with van der Waals surface area (Å²) in [6.45, 7) is 7.16. The molecule has 0 saturated carbocycles. The third-order valence-corrected chi connectivity index (χ3v) is 3.24. The summed E-state index contributed by atoms with van der Waals surface area (Å²) in [4.78, 5) is 32.7. The zero-order valence-electron chi connectivity index (χ0n) is 14.8. The quantitative estimate of drug-likeness (QED) is 0.302. The van der Waals surface area contributed by atoms with Gasteiger partial charge in [-0.2, -0.15) is 0 Å². The van der Waals surface area contributed by atoms with E-state index in [2.05, 4.69) is 10.1 Å². The van der Waals surface area contributed by atoms with Gasteiger partial charge >= 0.3 is 11.9 Å². The summed E-state index contributed by atoms with van der Waals surface area (Å²) < 4.78 is 10.1. The third kappa shape index (κ3) is 7.94. The number of esters is 2. The first-order valence-corrected chi connectivity index (χ1v) is 8.60. The lowest BCUT2D eigenvalue weighted by molar-refractivity contribution is -0.155. The van der Waals surface area contributed by atoms with Crippen LogP contribution < -0.4 is 11.5 Å². The first kappa shape index (κ1) is 20.8. The van der Waals surface area contributed by atoms with Gasteiger partial charge in [-0.05, 0) is 27.7 Å². The highest BCUT2D eigenvalue weighted by atomic mass is 32.1. The number of rotatable bonds is 8. The Morgan fingerprint density at radius 1 is 1.40 bits per heavy atom. The molecule has 9 nitrogen and oxygen atoms in total. The van der Waals surface area contributed by atoms with E-state index in [1.807, 2.05) is 0 Å². The molecular weight excluding hydrogens is 348 g/mol. The van der Waals surface area contributed by atoms with Crippen LogP contribution in [0.1, 0.15) is 46.2 Å². The van der Waals surface area contributed by atoms with Gasteiger partial charge < -0.3 is 20.0 Å². The number of aromatic nitrogens is 1. The molecule has 0 bridgehead atoms. The summed E-state index contributed by atoms with van der Waals surface area (Å²) >= 11 is 1.15. The van der Waals surface area contributed by atoms with Crippen molar-refractivity contribution in [3.63, 3.8) is 0 Å². The Labute approximate surface area is 150 Å². The summed E-state index contributed by atoms with van der Waals surface area (Å²) in [6.07, 6.45) is -0.659. The van der Waals surface area contributed by atoms with Crippen LogP contribution in [0.25, 0.3) is 0 Å². The SMILES string of the molecule is CCOC(=O)C(=NOC(N)CCC(=O)OC(C)(C)C)c1csc(N)n1. The lowest BCUT2D eigenvalue weighted by Gasteiger charge is -2.19. The van der Waals surface area contributed by atoms with E-state index in [9.17, 15) is 9.59 Å². The molecule has 0 spiro atoms. The Hall–Kier alpha value is -2.20. The van der Waals surface area contributed by atoms with E-state index in [0.29, 0.717) is 0 Å². The fraction of sp³-hybridized carbons (Fsp3) is 0.600. The van der Waals surface area contributed by atoms with Gasteiger partial charge in [0.1, 0.15) is 11.3 Å². The van der Waals surface area contributed by atoms with E-state index < -0.39 is 23.8 Å². The zero-order chi connectivity index (χ0) is 19.0. The van der Waals surface area contributed by atoms with Crippen LogP contribution in [-0.4, -0.2) is 41.1 Å². The maximum Gasteiger partial charge on any atom is 0.362 e. The smallest absolute Gasteiger partial charge is 0.362 e. The second kappa shape index (κ2) is 9.33. The Balaban J connectivity index is 2.66. The lowest BCUT2D eigenvalue weighted by Crippen LogP contribution is -2.28. The van der Waals surface area contributed by atoms with Crippen molar-refractivity contribution >= 4 is 34.1 Å². The Kier molecular flexibility index (Phi) is 7.78. The van der Waals surface area contributed by atoms with E-state index in [0.717, 1.165) is 11.3 Å². The average molecular weight is 372 g/mol. The van der Waals surface area contributed by atoms with E-state index in [1.54, 1.807) is 33.1 Å². The minimum atomic E-state index is -0.895. The topological polar surface area (TPSA) is 139 Å². The standard InChI is InChI=1S/C15H24N4O5S/c1-5-22-13(21)12(9-8-25-14(17)18-9)19-24-10(16)6-7-11(20)23-15(2,3)4/h8,10H,5-7,16H2,1-4H3,(H2,17,18). The van der Waals surface area contributed by atoms with Crippen LogP contribution >= 0.6 is 11.3 Å². The molecule has 1 aromatic rings. The molecule has 1 rings (SSSR count). The monoisotopic (exact) mass is 372 g/mol. The molecule has 0 aliphatic heterocycles. The van der Waals surface area contributed by atoms with Crippen LogP contribution in [-0.2, 0) is 23.9 Å². The Bertz CT molecular complexity index is 624. The van der Waals surface area contributed by atoms with Crippen molar-refractivity contribution in [2.45, 2.75) is 52.4 Å². The van der Waals surface area contributed by atoms with E-state index in [4.69, 9.17) is 25.8 Å². The number of hydrogen-bond acceptors (Lipinski definition) is 10. The number of oxime groups is 1. The van der Waals surface area contributed by atoms with Gasteiger partial charge in [0.15, 0.2) is 11.4 Å². The van der Waals surface area contributed by atoms with Crippen LogP contribution in [0.5, 0.6) is 0 Å². The van der Waals surface area contributed by atoms with Crippen LogP contribution in [0.15, 0.2) is 10.5 Å². The molecule has 4 N–H and O–H groups in total. The minimum absolute atomic E-state index is 0.0619. The number of carbonyl (C=O) groups excluding carboxylic acids is 2. The maximum absolute atomic E-state index is 12.0. The van der Waals surface area contributed by atoms with E-state index >= 15 is 0 Å². The number of nitrogens with zero attached hydrogens (tertiary/aromatic N) is 2. The number of nitrogens with two attached hydrogens (primary N) is 2. The van der Waals surface area contributed by atoms with Gasteiger partial charge in [-0.1, -0.05) is 5.16 Å². The van der Waals surface area contributed by atoms with Gasteiger partial charge in [-0.15, -0.1) is 11.3 Å². The van der Waals surface area contributed by atoms with Crippen LogP contribution in [0, 0.1) is 0 Å².